The molecule has 0 radical (unpaired) electrons. The average Bonchev–Trinajstić information content (AvgIpc) is 3.11. The fourth-order valence-electron chi connectivity index (χ4n) is 4.21. The molecule has 3 heterocycles. The van der Waals surface area contributed by atoms with Gasteiger partial charge in [0.05, 0.1) is 11.9 Å². The highest BCUT2D eigenvalue weighted by Crippen LogP contribution is 2.28. The van der Waals surface area contributed by atoms with E-state index in [-0.39, 0.29) is 5.39 Å². The Morgan fingerprint density at radius 2 is 1.69 bits per heavy atom. The fourth-order valence-corrected chi connectivity index (χ4v) is 4.21. The predicted octanol–water partition coefficient (Wildman–Crippen LogP) is 3.66. The van der Waals surface area contributed by atoms with Crippen LogP contribution in [0.5, 0.6) is 0 Å². The summed E-state index contributed by atoms with van der Waals surface area (Å²) in [7, 11) is 1.22. The van der Waals surface area contributed by atoms with E-state index in [1.54, 1.807) is 13.0 Å². The van der Waals surface area contributed by atoms with E-state index < -0.39 is 41.1 Å². The van der Waals surface area contributed by atoms with E-state index in [2.05, 4.69) is 4.98 Å². The number of nitrogens with zero attached hydrogens (tertiary/aromatic N) is 4. The minimum atomic E-state index is -4.72. The largest absolute Gasteiger partial charge is 0.433 e. The van der Waals surface area contributed by atoms with Crippen molar-refractivity contribution in [2.75, 3.05) is 0 Å². The topological polar surface area (TPSA) is 78.9 Å². The van der Waals surface area contributed by atoms with E-state index in [9.17, 15) is 27.6 Å². The van der Waals surface area contributed by atoms with Crippen LogP contribution in [0.15, 0.2) is 58.1 Å². The average molecular weight is 484 g/mol. The van der Waals surface area contributed by atoms with Crippen molar-refractivity contribution in [1.82, 2.24) is 18.7 Å². The molecular formula is C25H23F3N4O3. The van der Waals surface area contributed by atoms with Gasteiger partial charge in [-0.2, -0.15) is 13.2 Å². The van der Waals surface area contributed by atoms with Gasteiger partial charge in [-0.1, -0.05) is 30.3 Å². The number of alkyl halides is 3. The monoisotopic (exact) mass is 484 g/mol. The smallest absolute Gasteiger partial charge is 0.348 e. The first kappa shape index (κ1) is 24.2. The van der Waals surface area contributed by atoms with Crippen molar-refractivity contribution in [1.29, 1.82) is 0 Å². The second-order valence-corrected chi connectivity index (χ2v) is 8.39. The van der Waals surface area contributed by atoms with Gasteiger partial charge in [0.15, 0.2) is 5.78 Å². The molecule has 0 fully saturated rings. The molecule has 4 aromatic rings. The van der Waals surface area contributed by atoms with Crippen LogP contribution in [0.3, 0.4) is 0 Å². The number of hydrogen-bond acceptors (Lipinski definition) is 4. The minimum Gasteiger partial charge on any atom is -0.348 e. The van der Waals surface area contributed by atoms with Crippen molar-refractivity contribution in [2.24, 2.45) is 7.05 Å². The summed E-state index contributed by atoms with van der Waals surface area (Å²) in [5, 5.41) is -0.179. The second kappa shape index (κ2) is 9.01. The number of fused-ring (bicyclic) bond motifs is 1. The van der Waals surface area contributed by atoms with Crippen molar-refractivity contribution in [3.8, 4) is 0 Å². The Morgan fingerprint density at radius 1 is 1.00 bits per heavy atom. The number of Topliss-reactive ketones (excluding diaryl/α,β-unsaturated/α-hetero) is 1. The lowest BCUT2D eigenvalue weighted by Gasteiger charge is -2.12. The summed E-state index contributed by atoms with van der Waals surface area (Å²) in [6, 6.07) is 13.3. The molecule has 7 nitrogen and oxygen atoms in total. The van der Waals surface area contributed by atoms with E-state index in [0.717, 1.165) is 32.9 Å². The Hall–Kier alpha value is -3.95. The Labute approximate surface area is 198 Å². The molecule has 0 aliphatic rings. The van der Waals surface area contributed by atoms with Crippen LogP contribution in [-0.2, 0) is 32.7 Å². The maximum Gasteiger partial charge on any atom is 0.433 e. The maximum absolute atomic E-state index is 13.1. The van der Waals surface area contributed by atoms with Gasteiger partial charge in [0.25, 0.3) is 5.56 Å². The molecule has 0 saturated carbocycles. The molecule has 0 amide bonds. The van der Waals surface area contributed by atoms with Crippen molar-refractivity contribution < 1.29 is 18.0 Å². The molecule has 0 unspecified atom stereocenters. The number of pyridine rings is 1. The quantitative estimate of drug-likeness (QED) is 0.392. The highest BCUT2D eigenvalue weighted by atomic mass is 19.4. The highest BCUT2D eigenvalue weighted by Gasteiger charge is 2.33. The Kier molecular flexibility index (Phi) is 6.23. The lowest BCUT2D eigenvalue weighted by molar-refractivity contribution is -0.141. The number of aryl methyl sites for hydroxylation is 3. The van der Waals surface area contributed by atoms with Gasteiger partial charge in [0, 0.05) is 30.5 Å². The number of carbonyl (C=O) groups excluding carboxylic acids is 1. The molecule has 0 bridgehead atoms. The van der Waals surface area contributed by atoms with Crippen LogP contribution in [0, 0.1) is 13.8 Å². The summed E-state index contributed by atoms with van der Waals surface area (Å²) in [5.74, 6) is -0.442. The summed E-state index contributed by atoms with van der Waals surface area (Å²) in [6.45, 7) is 3.79. The van der Waals surface area contributed by atoms with Gasteiger partial charge in [0.2, 0.25) is 0 Å². The molecule has 4 rings (SSSR count). The Morgan fingerprint density at radius 3 is 2.34 bits per heavy atom. The fraction of sp³-hybridized carbons (Fsp3) is 0.280. The van der Waals surface area contributed by atoms with Crippen molar-refractivity contribution >= 4 is 16.8 Å². The molecule has 1 aromatic carbocycles. The predicted molar refractivity (Wildman–Crippen MR) is 125 cm³/mol. The molecule has 182 valence electrons. The molecule has 0 N–H and O–H groups in total. The van der Waals surface area contributed by atoms with Gasteiger partial charge < -0.3 is 4.57 Å². The van der Waals surface area contributed by atoms with E-state index in [0.29, 0.717) is 23.9 Å². The van der Waals surface area contributed by atoms with Gasteiger partial charge >= 0.3 is 11.9 Å². The highest BCUT2D eigenvalue weighted by molar-refractivity contribution is 5.97. The molecule has 0 spiro atoms. The molecule has 10 heteroatoms. The third-order valence-corrected chi connectivity index (χ3v) is 6.12. The van der Waals surface area contributed by atoms with Crippen LogP contribution >= 0.6 is 0 Å². The molecule has 0 aliphatic heterocycles. The molecule has 0 aliphatic carbocycles. The number of aromatic nitrogens is 4. The van der Waals surface area contributed by atoms with Crippen LogP contribution in [0.4, 0.5) is 13.2 Å². The molecule has 0 saturated heterocycles. The number of hydrogen-bond donors (Lipinski definition) is 0. The second-order valence-electron chi connectivity index (χ2n) is 8.39. The van der Waals surface area contributed by atoms with E-state index in [1.807, 2.05) is 41.8 Å². The normalized spacial score (nSPS) is 11.8. The third-order valence-electron chi connectivity index (χ3n) is 6.12. The summed E-state index contributed by atoms with van der Waals surface area (Å²) in [6.07, 6.45) is -3.96. The van der Waals surface area contributed by atoms with Crippen LogP contribution in [0.1, 0.15) is 33.0 Å². The Balaban J connectivity index is 1.66. The van der Waals surface area contributed by atoms with Gasteiger partial charge in [-0.05, 0) is 44.0 Å². The van der Waals surface area contributed by atoms with Crippen molar-refractivity contribution in [3.05, 3.63) is 97.6 Å². The van der Waals surface area contributed by atoms with Crippen LogP contribution in [0.25, 0.3) is 11.0 Å². The van der Waals surface area contributed by atoms with Crippen molar-refractivity contribution in [2.45, 2.75) is 39.5 Å². The lowest BCUT2D eigenvalue weighted by Crippen LogP contribution is -2.41. The zero-order valence-electron chi connectivity index (χ0n) is 19.4. The molecule has 0 atom stereocenters. The van der Waals surface area contributed by atoms with Gasteiger partial charge in [0.1, 0.15) is 11.3 Å². The van der Waals surface area contributed by atoms with E-state index >= 15 is 0 Å². The molecule has 35 heavy (non-hydrogen) atoms. The van der Waals surface area contributed by atoms with Gasteiger partial charge in [-0.25, -0.2) is 9.78 Å². The standard InChI is InChI=1S/C25H23F3N4O3/c1-15-13-19(16(2)31(15)12-11-17-7-5-4-6-8-17)20(33)14-32-23(34)18-9-10-21(25(26,27)28)29-22(18)30(3)24(32)35/h4-10,13H,11-12,14H2,1-3H3. The van der Waals surface area contributed by atoms with Crippen LogP contribution < -0.4 is 11.2 Å². The van der Waals surface area contributed by atoms with Crippen LogP contribution in [0.2, 0.25) is 0 Å². The summed E-state index contributed by atoms with van der Waals surface area (Å²) >= 11 is 0. The lowest BCUT2D eigenvalue weighted by atomic mass is 10.1. The zero-order valence-corrected chi connectivity index (χ0v) is 19.4. The first-order chi connectivity index (χ1) is 16.5. The van der Waals surface area contributed by atoms with E-state index in [4.69, 9.17) is 0 Å². The summed E-state index contributed by atoms with van der Waals surface area (Å²) < 4.78 is 42.7. The molecular weight excluding hydrogens is 461 g/mol. The van der Waals surface area contributed by atoms with Gasteiger partial charge in [-0.3, -0.25) is 18.7 Å². The Bertz CT molecular complexity index is 1550. The number of benzene rings is 1. The summed E-state index contributed by atoms with van der Waals surface area (Å²) in [5.41, 5.74) is -0.267. The van der Waals surface area contributed by atoms with E-state index in [1.165, 1.54) is 7.05 Å². The molecule has 3 aromatic heterocycles. The van der Waals surface area contributed by atoms with Crippen molar-refractivity contribution in [3.63, 3.8) is 0 Å². The first-order valence-corrected chi connectivity index (χ1v) is 10.9. The minimum absolute atomic E-state index is 0.179. The zero-order chi connectivity index (χ0) is 25.5. The van der Waals surface area contributed by atoms with Crippen LogP contribution in [-0.4, -0.2) is 24.5 Å². The number of rotatable bonds is 6. The number of halogens is 3. The maximum atomic E-state index is 13.1. The third kappa shape index (κ3) is 4.55. The number of carbonyl (C=O) groups is 1. The SMILES string of the molecule is Cc1cc(C(=O)Cn2c(=O)c3ccc(C(F)(F)F)nc3n(C)c2=O)c(C)n1CCc1ccccc1. The van der Waals surface area contributed by atoms with Gasteiger partial charge in [-0.15, -0.1) is 0 Å². The summed E-state index contributed by atoms with van der Waals surface area (Å²) in [4.78, 5) is 42.3. The first-order valence-electron chi connectivity index (χ1n) is 10.9. The number of ketones is 1.